The third-order valence-corrected chi connectivity index (χ3v) is 1.74. The second-order valence-electron chi connectivity index (χ2n) is 3.17. The number of carbonyl (C=O) groups excluding carboxylic acids is 2. The Bertz CT molecular complexity index is 335. The summed E-state index contributed by atoms with van der Waals surface area (Å²) in [6.45, 7) is 1.63. The largest absolute Gasteiger partial charge is 0.465 e. The first-order valence-electron chi connectivity index (χ1n) is 4.73. The van der Waals surface area contributed by atoms with Gasteiger partial charge in [0.25, 0.3) is 0 Å². The van der Waals surface area contributed by atoms with Gasteiger partial charge in [-0.15, -0.1) is 0 Å². The van der Waals surface area contributed by atoms with Crippen molar-refractivity contribution >= 4 is 11.8 Å². The molecule has 1 aromatic rings. The molecule has 0 spiro atoms. The zero-order chi connectivity index (χ0) is 11.1. The minimum Gasteiger partial charge on any atom is -0.465 e. The molecule has 0 radical (unpaired) electrons. The van der Waals surface area contributed by atoms with Crippen molar-refractivity contribution in [2.24, 2.45) is 0 Å². The van der Waals surface area contributed by atoms with Crippen LogP contribution in [0.1, 0.15) is 19.0 Å². The molecule has 0 aliphatic rings. The van der Waals surface area contributed by atoms with E-state index in [1.54, 1.807) is 6.20 Å². The molecule has 0 saturated heterocycles. The molecule has 0 bridgehead atoms. The number of ketones is 1. The molecule has 4 heteroatoms. The van der Waals surface area contributed by atoms with Crippen LogP contribution >= 0.6 is 0 Å². The molecular formula is C11H13NO3. The van der Waals surface area contributed by atoms with Gasteiger partial charge < -0.3 is 4.74 Å². The summed E-state index contributed by atoms with van der Waals surface area (Å²) in [4.78, 5) is 25.6. The number of pyridine rings is 1. The fourth-order valence-electron chi connectivity index (χ4n) is 1.07. The maximum absolute atomic E-state index is 11.0. The molecule has 1 aromatic heterocycles. The Labute approximate surface area is 88.3 Å². The average Bonchev–Trinajstić information content (AvgIpc) is 2.18. The van der Waals surface area contributed by atoms with Gasteiger partial charge in [-0.25, -0.2) is 0 Å². The number of esters is 1. The normalized spacial score (nSPS) is 9.67. The van der Waals surface area contributed by atoms with Crippen LogP contribution in [-0.2, 0) is 20.7 Å². The SMILES string of the molecule is CC(=O)CC(=O)OCCc1ccccn1. The number of carbonyl (C=O) groups is 2. The van der Waals surface area contributed by atoms with Crippen LogP contribution in [0.2, 0.25) is 0 Å². The molecule has 0 unspecified atom stereocenters. The van der Waals surface area contributed by atoms with Crippen molar-refractivity contribution in [3.05, 3.63) is 30.1 Å². The highest BCUT2D eigenvalue weighted by Crippen LogP contribution is 1.96. The first-order chi connectivity index (χ1) is 7.18. The van der Waals surface area contributed by atoms with Gasteiger partial charge in [0.15, 0.2) is 0 Å². The van der Waals surface area contributed by atoms with E-state index >= 15 is 0 Å². The predicted molar refractivity (Wildman–Crippen MR) is 54.2 cm³/mol. The van der Waals surface area contributed by atoms with Gasteiger partial charge in [0, 0.05) is 18.3 Å². The van der Waals surface area contributed by atoms with Crippen molar-refractivity contribution in [3.63, 3.8) is 0 Å². The fourth-order valence-corrected chi connectivity index (χ4v) is 1.07. The number of ether oxygens (including phenoxy) is 1. The highest BCUT2D eigenvalue weighted by atomic mass is 16.5. The van der Waals surface area contributed by atoms with Crippen LogP contribution < -0.4 is 0 Å². The molecule has 0 aromatic carbocycles. The van der Waals surface area contributed by atoms with Crippen molar-refractivity contribution in [2.75, 3.05) is 6.61 Å². The molecule has 4 nitrogen and oxygen atoms in total. The summed E-state index contributed by atoms with van der Waals surface area (Å²) in [5.74, 6) is -0.656. The molecule has 0 atom stereocenters. The standard InChI is InChI=1S/C11H13NO3/c1-9(13)8-11(14)15-7-5-10-4-2-3-6-12-10/h2-4,6H,5,7-8H2,1H3. The lowest BCUT2D eigenvalue weighted by Crippen LogP contribution is -2.11. The average molecular weight is 207 g/mol. The van der Waals surface area contributed by atoms with Crippen LogP contribution in [0.15, 0.2) is 24.4 Å². The predicted octanol–water partition coefficient (Wildman–Crippen LogP) is 1.15. The van der Waals surface area contributed by atoms with Crippen LogP contribution in [0.3, 0.4) is 0 Å². The fraction of sp³-hybridized carbons (Fsp3) is 0.364. The van der Waals surface area contributed by atoms with Gasteiger partial charge >= 0.3 is 5.97 Å². The van der Waals surface area contributed by atoms with E-state index in [-0.39, 0.29) is 18.8 Å². The van der Waals surface area contributed by atoms with Crippen LogP contribution in [0.5, 0.6) is 0 Å². The zero-order valence-electron chi connectivity index (χ0n) is 8.60. The summed E-state index contributed by atoms with van der Waals surface area (Å²) in [5, 5.41) is 0. The molecule has 15 heavy (non-hydrogen) atoms. The third-order valence-electron chi connectivity index (χ3n) is 1.74. The van der Waals surface area contributed by atoms with Crippen molar-refractivity contribution in [1.29, 1.82) is 0 Å². The monoisotopic (exact) mass is 207 g/mol. The Balaban J connectivity index is 2.22. The quantitative estimate of drug-likeness (QED) is 0.536. The van der Waals surface area contributed by atoms with Crippen molar-refractivity contribution in [1.82, 2.24) is 4.98 Å². The summed E-state index contributed by atoms with van der Waals surface area (Å²) in [7, 11) is 0. The van der Waals surface area contributed by atoms with E-state index in [1.165, 1.54) is 6.92 Å². The number of hydrogen-bond acceptors (Lipinski definition) is 4. The van der Waals surface area contributed by atoms with Gasteiger partial charge in [0.05, 0.1) is 6.61 Å². The number of aromatic nitrogens is 1. The van der Waals surface area contributed by atoms with Gasteiger partial charge in [-0.1, -0.05) is 6.07 Å². The Hall–Kier alpha value is -1.71. The van der Waals surface area contributed by atoms with E-state index in [0.29, 0.717) is 6.42 Å². The van der Waals surface area contributed by atoms with Gasteiger partial charge in [0.2, 0.25) is 0 Å². The van der Waals surface area contributed by atoms with Crippen LogP contribution in [0, 0.1) is 0 Å². The van der Waals surface area contributed by atoms with Crippen LogP contribution in [-0.4, -0.2) is 23.3 Å². The maximum Gasteiger partial charge on any atom is 0.313 e. The molecular weight excluding hydrogens is 194 g/mol. The van der Waals surface area contributed by atoms with Crippen LogP contribution in [0.4, 0.5) is 0 Å². The molecule has 1 rings (SSSR count). The molecule has 0 saturated carbocycles. The number of hydrogen-bond donors (Lipinski definition) is 0. The Morgan fingerprint density at radius 2 is 2.20 bits per heavy atom. The van der Waals surface area contributed by atoms with Gasteiger partial charge in [-0.3, -0.25) is 14.6 Å². The van der Waals surface area contributed by atoms with E-state index in [1.807, 2.05) is 18.2 Å². The molecule has 80 valence electrons. The van der Waals surface area contributed by atoms with Gasteiger partial charge in [-0.05, 0) is 19.1 Å². The van der Waals surface area contributed by atoms with E-state index in [2.05, 4.69) is 4.98 Å². The summed E-state index contributed by atoms with van der Waals surface area (Å²) in [6, 6.07) is 5.56. The maximum atomic E-state index is 11.0. The second kappa shape index (κ2) is 5.90. The Morgan fingerprint density at radius 1 is 1.40 bits per heavy atom. The molecule has 0 fully saturated rings. The Morgan fingerprint density at radius 3 is 2.80 bits per heavy atom. The molecule has 0 aliphatic heterocycles. The molecule has 1 heterocycles. The number of nitrogens with zero attached hydrogens (tertiary/aromatic N) is 1. The minimum atomic E-state index is -0.474. The van der Waals surface area contributed by atoms with Crippen molar-refractivity contribution in [2.45, 2.75) is 19.8 Å². The lowest BCUT2D eigenvalue weighted by Gasteiger charge is -2.02. The lowest BCUT2D eigenvalue weighted by molar-refractivity contribution is -0.145. The number of Topliss-reactive ketones (excluding diaryl/α,β-unsaturated/α-hetero) is 1. The summed E-state index contributed by atoms with van der Waals surface area (Å²) in [5.41, 5.74) is 0.869. The lowest BCUT2D eigenvalue weighted by atomic mass is 10.3. The minimum absolute atomic E-state index is 0.151. The number of rotatable bonds is 5. The van der Waals surface area contributed by atoms with Crippen molar-refractivity contribution in [3.8, 4) is 0 Å². The van der Waals surface area contributed by atoms with E-state index in [0.717, 1.165) is 5.69 Å². The summed E-state index contributed by atoms with van der Waals surface area (Å²) >= 11 is 0. The summed E-state index contributed by atoms with van der Waals surface area (Å²) < 4.78 is 4.86. The molecule has 0 N–H and O–H groups in total. The second-order valence-corrected chi connectivity index (χ2v) is 3.17. The van der Waals surface area contributed by atoms with Gasteiger partial charge in [0.1, 0.15) is 12.2 Å². The summed E-state index contributed by atoms with van der Waals surface area (Å²) in [6.07, 6.45) is 2.11. The Kier molecular flexibility index (Phi) is 4.47. The highest BCUT2D eigenvalue weighted by molar-refractivity contribution is 5.94. The first kappa shape index (κ1) is 11.4. The van der Waals surface area contributed by atoms with Crippen LogP contribution in [0.25, 0.3) is 0 Å². The smallest absolute Gasteiger partial charge is 0.313 e. The highest BCUT2D eigenvalue weighted by Gasteiger charge is 2.05. The zero-order valence-corrected chi connectivity index (χ0v) is 8.60. The molecule has 0 amide bonds. The van der Waals surface area contributed by atoms with E-state index in [4.69, 9.17) is 4.74 Å². The molecule has 0 aliphatic carbocycles. The third kappa shape index (κ3) is 4.90. The van der Waals surface area contributed by atoms with E-state index < -0.39 is 5.97 Å². The van der Waals surface area contributed by atoms with Gasteiger partial charge in [-0.2, -0.15) is 0 Å². The van der Waals surface area contributed by atoms with Crippen molar-refractivity contribution < 1.29 is 14.3 Å². The van der Waals surface area contributed by atoms with E-state index in [9.17, 15) is 9.59 Å². The topological polar surface area (TPSA) is 56.3 Å². The first-order valence-corrected chi connectivity index (χ1v) is 4.73.